The van der Waals surface area contributed by atoms with E-state index in [0.717, 1.165) is 42.5 Å². The number of benzene rings is 2. The summed E-state index contributed by atoms with van der Waals surface area (Å²) in [5.41, 5.74) is 2.36. The summed E-state index contributed by atoms with van der Waals surface area (Å²) in [6.07, 6.45) is 12.4. The van der Waals surface area contributed by atoms with Crippen LogP contribution in [0.25, 0.3) is 11.0 Å². The number of amides is 2. The molecule has 2 aliphatic carbocycles. The third kappa shape index (κ3) is 5.87. The van der Waals surface area contributed by atoms with Gasteiger partial charge in [-0.25, -0.2) is 4.98 Å². The minimum absolute atomic E-state index is 0.179. The van der Waals surface area contributed by atoms with E-state index in [9.17, 15) is 9.59 Å². The Morgan fingerprint density at radius 2 is 1.55 bits per heavy atom. The monoisotopic (exact) mass is 516 g/mol. The Bertz CT molecular complexity index is 1220. The van der Waals surface area contributed by atoms with Crippen LogP contribution in [-0.2, 0) is 17.8 Å². The number of imidazole rings is 1. The quantitative estimate of drug-likeness (QED) is 0.407. The van der Waals surface area contributed by atoms with E-state index in [4.69, 9.17) is 9.72 Å². The van der Waals surface area contributed by atoms with Crippen molar-refractivity contribution in [1.29, 1.82) is 0 Å². The molecule has 2 aliphatic rings. The van der Waals surface area contributed by atoms with E-state index < -0.39 is 0 Å². The predicted octanol–water partition coefficient (Wildman–Crippen LogP) is 5.51. The summed E-state index contributed by atoms with van der Waals surface area (Å²) in [6, 6.07) is 15.9. The molecule has 5 rings (SSSR count). The Hall–Kier alpha value is -3.35. The van der Waals surface area contributed by atoms with Gasteiger partial charge in [0.25, 0.3) is 5.91 Å². The van der Waals surface area contributed by atoms with E-state index in [2.05, 4.69) is 14.8 Å². The number of rotatable bonds is 9. The van der Waals surface area contributed by atoms with Crippen LogP contribution < -0.4 is 10.1 Å². The van der Waals surface area contributed by atoms with E-state index >= 15 is 0 Å². The molecule has 7 heteroatoms. The molecule has 1 aromatic heterocycles. The number of carbonyl (C=O) groups excluding carboxylic acids is 2. The Balaban J connectivity index is 1.34. The van der Waals surface area contributed by atoms with E-state index in [1.807, 2.05) is 36.4 Å². The zero-order valence-electron chi connectivity index (χ0n) is 22.5. The van der Waals surface area contributed by atoms with E-state index in [1.54, 1.807) is 19.2 Å². The summed E-state index contributed by atoms with van der Waals surface area (Å²) >= 11 is 0. The van der Waals surface area contributed by atoms with Crippen LogP contribution in [0.15, 0.2) is 48.5 Å². The number of aromatic nitrogens is 2. The molecule has 2 amide bonds. The van der Waals surface area contributed by atoms with E-state index in [-0.39, 0.29) is 11.8 Å². The minimum atomic E-state index is -0.179. The van der Waals surface area contributed by atoms with E-state index in [1.165, 1.54) is 38.5 Å². The fraction of sp³-hybridized carbons (Fsp3) is 0.516. The van der Waals surface area contributed by atoms with Crippen molar-refractivity contribution in [2.45, 2.75) is 89.3 Å². The van der Waals surface area contributed by atoms with Crippen molar-refractivity contribution in [3.8, 4) is 5.75 Å². The fourth-order valence-electron chi connectivity index (χ4n) is 6.35. The molecule has 0 saturated heterocycles. The van der Waals surface area contributed by atoms with Crippen molar-refractivity contribution in [3.05, 3.63) is 59.9 Å². The number of nitrogens with one attached hydrogen (secondary N) is 1. The predicted molar refractivity (Wildman–Crippen MR) is 149 cm³/mol. The third-order valence-corrected chi connectivity index (χ3v) is 8.24. The lowest BCUT2D eigenvalue weighted by molar-refractivity contribution is -0.138. The Labute approximate surface area is 225 Å². The molecule has 0 unspecified atom stereocenters. The first-order valence-electron chi connectivity index (χ1n) is 14.3. The van der Waals surface area contributed by atoms with Crippen molar-refractivity contribution in [3.63, 3.8) is 0 Å². The zero-order valence-corrected chi connectivity index (χ0v) is 22.5. The summed E-state index contributed by atoms with van der Waals surface area (Å²) in [7, 11) is 1.56. The molecular formula is C31H40N4O3. The Morgan fingerprint density at radius 1 is 0.921 bits per heavy atom. The van der Waals surface area contributed by atoms with Gasteiger partial charge in [-0.15, -0.1) is 0 Å². The molecular weight excluding hydrogens is 476 g/mol. The maximum atomic E-state index is 14.0. The van der Waals surface area contributed by atoms with Gasteiger partial charge in [0.05, 0.1) is 23.7 Å². The van der Waals surface area contributed by atoms with Gasteiger partial charge in [0.1, 0.15) is 18.1 Å². The molecule has 0 atom stereocenters. The number of ether oxygens (including phenoxy) is 1. The number of fused-ring (bicyclic) bond motifs is 1. The average molecular weight is 517 g/mol. The van der Waals surface area contributed by atoms with Crippen LogP contribution >= 0.6 is 0 Å². The number of nitrogens with zero attached hydrogens (tertiary/aromatic N) is 3. The molecule has 1 N–H and O–H groups in total. The van der Waals surface area contributed by atoms with Crippen molar-refractivity contribution in [1.82, 2.24) is 19.8 Å². The van der Waals surface area contributed by atoms with E-state index in [0.29, 0.717) is 42.9 Å². The highest BCUT2D eigenvalue weighted by atomic mass is 16.5. The average Bonchev–Trinajstić information content (AvgIpc) is 3.31. The minimum Gasteiger partial charge on any atom is -0.496 e. The largest absolute Gasteiger partial charge is 0.496 e. The highest BCUT2D eigenvalue weighted by molar-refractivity contribution is 5.96. The first-order valence-corrected chi connectivity index (χ1v) is 14.3. The van der Waals surface area contributed by atoms with Crippen molar-refractivity contribution in [2.24, 2.45) is 0 Å². The number of methoxy groups -OCH3 is 1. The first-order chi connectivity index (χ1) is 18.7. The molecule has 0 aliphatic heterocycles. The Kier molecular flexibility index (Phi) is 8.61. The molecule has 1 heterocycles. The smallest absolute Gasteiger partial charge is 0.255 e. The number of carbonyl (C=O) groups is 2. The maximum absolute atomic E-state index is 14.0. The summed E-state index contributed by atoms with van der Waals surface area (Å²) in [5, 5.41) is 3.01. The highest BCUT2D eigenvalue weighted by Gasteiger charge is 2.33. The summed E-state index contributed by atoms with van der Waals surface area (Å²) in [6.45, 7) is 0.715. The second-order valence-corrected chi connectivity index (χ2v) is 10.7. The van der Waals surface area contributed by atoms with Gasteiger partial charge in [0.2, 0.25) is 5.91 Å². The molecule has 2 aromatic carbocycles. The lowest BCUT2D eigenvalue weighted by Crippen LogP contribution is -2.50. The maximum Gasteiger partial charge on any atom is 0.255 e. The summed E-state index contributed by atoms with van der Waals surface area (Å²) in [4.78, 5) is 34.0. The van der Waals surface area contributed by atoms with Gasteiger partial charge >= 0.3 is 0 Å². The third-order valence-electron chi connectivity index (χ3n) is 8.24. The second kappa shape index (κ2) is 12.5. The molecule has 2 saturated carbocycles. The molecule has 0 radical (unpaired) electrons. The van der Waals surface area contributed by atoms with Gasteiger partial charge in [-0.05, 0) is 49.9 Å². The molecule has 0 bridgehead atoms. The van der Waals surface area contributed by atoms with Gasteiger partial charge in [0.15, 0.2) is 0 Å². The number of para-hydroxylation sites is 3. The van der Waals surface area contributed by atoms with Crippen molar-refractivity contribution < 1.29 is 14.3 Å². The lowest BCUT2D eigenvalue weighted by atomic mass is 9.88. The SMILES string of the molecule is COc1ccccc1C(=O)NCCc1nc2ccccc2n1CC(=O)N(C1CCCCC1)C1CCCCC1. The van der Waals surface area contributed by atoms with Gasteiger partial charge in [-0.3, -0.25) is 9.59 Å². The highest BCUT2D eigenvalue weighted by Crippen LogP contribution is 2.31. The van der Waals surface area contributed by atoms with Gasteiger partial charge in [-0.1, -0.05) is 62.8 Å². The van der Waals surface area contributed by atoms with Crippen LogP contribution in [0.2, 0.25) is 0 Å². The van der Waals surface area contributed by atoms with Crippen LogP contribution in [0, 0.1) is 0 Å². The van der Waals surface area contributed by atoms with Crippen LogP contribution in [0.4, 0.5) is 0 Å². The molecule has 38 heavy (non-hydrogen) atoms. The Morgan fingerprint density at radius 3 is 2.24 bits per heavy atom. The van der Waals surface area contributed by atoms with Crippen LogP contribution in [0.5, 0.6) is 5.75 Å². The zero-order chi connectivity index (χ0) is 26.3. The van der Waals surface area contributed by atoms with Crippen LogP contribution in [-0.4, -0.2) is 52.0 Å². The topological polar surface area (TPSA) is 76.5 Å². The van der Waals surface area contributed by atoms with Crippen molar-refractivity contribution in [2.75, 3.05) is 13.7 Å². The molecule has 7 nitrogen and oxygen atoms in total. The molecule has 2 fully saturated rings. The standard InChI is InChI=1S/C31H40N4O3/c1-38-28-19-11-8-16-25(28)31(37)32-21-20-29-33-26-17-9-10-18-27(26)34(29)22-30(36)35(23-12-4-2-5-13-23)24-14-6-3-7-15-24/h8-11,16-19,23-24H,2-7,12-15,20-22H2,1H3,(H,32,37). The first kappa shape index (κ1) is 26.3. The summed E-state index contributed by atoms with van der Waals surface area (Å²) in [5.74, 6) is 1.41. The fourth-order valence-corrected chi connectivity index (χ4v) is 6.35. The number of hydrogen-bond donors (Lipinski definition) is 1. The van der Waals surface area contributed by atoms with Gasteiger partial charge in [-0.2, -0.15) is 0 Å². The number of hydrogen-bond acceptors (Lipinski definition) is 4. The van der Waals surface area contributed by atoms with Gasteiger partial charge < -0.3 is 19.5 Å². The lowest BCUT2D eigenvalue weighted by Gasteiger charge is -2.42. The van der Waals surface area contributed by atoms with Crippen LogP contribution in [0.3, 0.4) is 0 Å². The second-order valence-electron chi connectivity index (χ2n) is 10.7. The molecule has 3 aromatic rings. The van der Waals surface area contributed by atoms with Crippen LogP contribution in [0.1, 0.15) is 80.4 Å². The van der Waals surface area contributed by atoms with Crippen molar-refractivity contribution >= 4 is 22.8 Å². The van der Waals surface area contributed by atoms with Gasteiger partial charge in [0, 0.05) is 25.0 Å². The molecule has 202 valence electrons. The molecule has 0 spiro atoms. The summed E-state index contributed by atoms with van der Waals surface area (Å²) < 4.78 is 7.41. The normalized spacial score (nSPS) is 16.9.